The minimum Gasteiger partial charge on any atom is -0.352 e. The van der Waals surface area contributed by atoms with Crippen LogP contribution in [-0.4, -0.2) is 38.0 Å². The molecule has 0 saturated heterocycles. The number of fused-ring (bicyclic) bond motifs is 1. The zero-order valence-corrected chi connectivity index (χ0v) is 11.8. The van der Waals surface area contributed by atoms with E-state index in [4.69, 9.17) is 0 Å². The van der Waals surface area contributed by atoms with Crippen molar-refractivity contribution < 1.29 is 4.79 Å². The fourth-order valence-corrected chi connectivity index (χ4v) is 2.29. The van der Waals surface area contributed by atoms with Crippen molar-refractivity contribution in [2.45, 2.75) is 25.9 Å². The molecule has 1 aliphatic rings. The summed E-state index contributed by atoms with van der Waals surface area (Å²) in [6, 6.07) is 5.97. The van der Waals surface area contributed by atoms with Gasteiger partial charge >= 0.3 is 0 Å². The third-order valence-electron chi connectivity index (χ3n) is 3.42. The van der Waals surface area contributed by atoms with Crippen molar-refractivity contribution in [1.29, 1.82) is 0 Å². The summed E-state index contributed by atoms with van der Waals surface area (Å²) in [5.74, 6) is 0.0413. The van der Waals surface area contributed by atoms with E-state index in [1.807, 2.05) is 12.1 Å². The lowest BCUT2D eigenvalue weighted by Crippen LogP contribution is -2.25. The number of carbonyl (C=O) groups is 1. The number of unbranched alkanes of at least 4 members (excludes halogenated alkanes) is 1. The van der Waals surface area contributed by atoms with Gasteiger partial charge in [0.15, 0.2) is 0 Å². The molecule has 4 heteroatoms. The van der Waals surface area contributed by atoms with Gasteiger partial charge in [-0.2, -0.15) is 0 Å². The van der Waals surface area contributed by atoms with Gasteiger partial charge in [0.1, 0.15) is 0 Å². The van der Waals surface area contributed by atoms with Crippen molar-refractivity contribution in [2.24, 2.45) is 0 Å². The summed E-state index contributed by atoms with van der Waals surface area (Å²) >= 11 is 0. The molecular formula is C15H23N3O. The summed E-state index contributed by atoms with van der Waals surface area (Å²) in [4.78, 5) is 14.2. The van der Waals surface area contributed by atoms with Crippen molar-refractivity contribution in [3.05, 3.63) is 34.9 Å². The Morgan fingerprint density at radius 3 is 2.84 bits per heavy atom. The number of hydrogen-bond donors (Lipinski definition) is 2. The average Bonchev–Trinajstić information content (AvgIpc) is 2.84. The van der Waals surface area contributed by atoms with Gasteiger partial charge in [-0.05, 0) is 56.7 Å². The van der Waals surface area contributed by atoms with E-state index in [9.17, 15) is 4.79 Å². The van der Waals surface area contributed by atoms with Crippen LogP contribution in [0.15, 0.2) is 18.2 Å². The third-order valence-corrected chi connectivity index (χ3v) is 3.42. The van der Waals surface area contributed by atoms with Crippen LogP contribution in [0.4, 0.5) is 0 Å². The summed E-state index contributed by atoms with van der Waals surface area (Å²) in [5, 5.41) is 6.27. The normalized spacial score (nSPS) is 13.6. The Morgan fingerprint density at radius 2 is 2.05 bits per heavy atom. The Balaban J connectivity index is 1.77. The molecule has 0 saturated carbocycles. The maximum absolute atomic E-state index is 12.0. The second kappa shape index (κ2) is 6.68. The number of nitrogens with one attached hydrogen (secondary N) is 2. The molecule has 0 aliphatic carbocycles. The van der Waals surface area contributed by atoms with Crippen molar-refractivity contribution >= 4 is 5.91 Å². The van der Waals surface area contributed by atoms with E-state index in [2.05, 4.69) is 35.7 Å². The highest BCUT2D eigenvalue weighted by atomic mass is 16.1. The zero-order valence-electron chi connectivity index (χ0n) is 11.8. The predicted molar refractivity (Wildman–Crippen MR) is 77.1 cm³/mol. The van der Waals surface area contributed by atoms with Gasteiger partial charge in [-0.1, -0.05) is 6.07 Å². The van der Waals surface area contributed by atoms with Crippen LogP contribution in [0.5, 0.6) is 0 Å². The second-order valence-electron chi connectivity index (χ2n) is 5.35. The standard InChI is InChI=1S/C15H23N3O/c1-18(2)8-4-3-7-17-15(19)12-5-6-13-10-16-11-14(13)9-12/h5-6,9,16H,3-4,7-8,10-11H2,1-2H3,(H,17,19). The van der Waals surface area contributed by atoms with E-state index >= 15 is 0 Å². The molecule has 0 spiro atoms. The number of nitrogens with zero attached hydrogens (tertiary/aromatic N) is 1. The molecule has 2 rings (SSSR count). The molecule has 0 radical (unpaired) electrons. The molecular weight excluding hydrogens is 238 g/mol. The van der Waals surface area contributed by atoms with Crippen LogP contribution >= 0.6 is 0 Å². The van der Waals surface area contributed by atoms with E-state index in [1.54, 1.807) is 0 Å². The summed E-state index contributed by atoms with van der Waals surface area (Å²) in [7, 11) is 4.13. The zero-order chi connectivity index (χ0) is 13.7. The lowest BCUT2D eigenvalue weighted by atomic mass is 10.1. The summed E-state index contributed by atoms with van der Waals surface area (Å²) < 4.78 is 0. The summed E-state index contributed by atoms with van der Waals surface area (Å²) in [6.07, 6.45) is 2.14. The lowest BCUT2D eigenvalue weighted by Gasteiger charge is -2.10. The number of benzene rings is 1. The fraction of sp³-hybridized carbons (Fsp3) is 0.533. The van der Waals surface area contributed by atoms with E-state index in [0.29, 0.717) is 0 Å². The highest BCUT2D eigenvalue weighted by molar-refractivity contribution is 5.94. The molecule has 1 aliphatic heterocycles. The van der Waals surface area contributed by atoms with Gasteiger partial charge in [0.2, 0.25) is 0 Å². The topological polar surface area (TPSA) is 44.4 Å². The molecule has 1 amide bonds. The smallest absolute Gasteiger partial charge is 0.251 e. The van der Waals surface area contributed by atoms with Crippen molar-refractivity contribution in [2.75, 3.05) is 27.2 Å². The van der Waals surface area contributed by atoms with Crippen molar-refractivity contribution in [3.8, 4) is 0 Å². The minimum absolute atomic E-state index is 0.0413. The van der Waals surface area contributed by atoms with Crippen molar-refractivity contribution in [3.63, 3.8) is 0 Å². The van der Waals surface area contributed by atoms with Crippen LogP contribution in [0, 0.1) is 0 Å². The Morgan fingerprint density at radius 1 is 1.26 bits per heavy atom. The van der Waals surface area contributed by atoms with E-state index in [1.165, 1.54) is 11.1 Å². The van der Waals surface area contributed by atoms with Crippen LogP contribution < -0.4 is 10.6 Å². The third kappa shape index (κ3) is 4.04. The second-order valence-corrected chi connectivity index (χ2v) is 5.35. The first-order valence-electron chi connectivity index (χ1n) is 6.92. The Labute approximate surface area is 115 Å². The fourth-order valence-electron chi connectivity index (χ4n) is 2.29. The average molecular weight is 261 g/mol. The molecule has 0 fully saturated rings. The van der Waals surface area contributed by atoms with Gasteiger partial charge < -0.3 is 15.5 Å². The molecule has 0 bridgehead atoms. The Kier molecular flexibility index (Phi) is 4.93. The molecule has 2 N–H and O–H groups in total. The molecule has 1 aromatic carbocycles. The van der Waals surface area contributed by atoms with Gasteiger partial charge in [-0.15, -0.1) is 0 Å². The maximum atomic E-state index is 12.0. The monoisotopic (exact) mass is 261 g/mol. The summed E-state index contributed by atoms with van der Waals surface area (Å²) in [5.41, 5.74) is 3.33. The van der Waals surface area contributed by atoms with Crippen LogP contribution in [-0.2, 0) is 13.1 Å². The Hall–Kier alpha value is -1.39. The van der Waals surface area contributed by atoms with E-state index in [0.717, 1.165) is 44.6 Å². The molecule has 19 heavy (non-hydrogen) atoms. The quantitative estimate of drug-likeness (QED) is 0.760. The number of carbonyl (C=O) groups excluding carboxylic acids is 1. The van der Waals surface area contributed by atoms with E-state index in [-0.39, 0.29) is 5.91 Å². The van der Waals surface area contributed by atoms with Crippen LogP contribution in [0.2, 0.25) is 0 Å². The molecule has 1 heterocycles. The van der Waals surface area contributed by atoms with Crippen LogP contribution in [0.1, 0.15) is 34.3 Å². The summed E-state index contributed by atoms with van der Waals surface area (Å²) in [6.45, 7) is 3.61. The Bertz CT molecular complexity index is 443. The van der Waals surface area contributed by atoms with Gasteiger partial charge in [0, 0.05) is 25.2 Å². The number of amides is 1. The minimum atomic E-state index is 0.0413. The lowest BCUT2D eigenvalue weighted by molar-refractivity contribution is 0.0952. The molecule has 104 valence electrons. The van der Waals surface area contributed by atoms with Gasteiger partial charge in [-0.3, -0.25) is 4.79 Å². The highest BCUT2D eigenvalue weighted by Crippen LogP contribution is 2.16. The van der Waals surface area contributed by atoms with Crippen LogP contribution in [0.25, 0.3) is 0 Å². The maximum Gasteiger partial charge on any atom is 0.251 e. The molecule has 0 atom stereocenters. The van der Waals surface area contributed by atoms with Gasteiger partial charge in [-0.25, -0.2) is 0 Å². The van der Waals surface area contributed by atoms with E-state index < -0.39 is 0 Å². The van der Waals surface area contributed by atoms with Crippen molar-refractivity contribution in [1.82, 2.24) is 15.5 Å². The SMILES string of the molecule is CN(C)CCCCNC(=O)c1ccc2c(c1)CNC2. The first-order chi connectivity index (χ1) is 9.16. The number of rotatable bonds is 6. The first kappa shape index (κ1) is 14.0. The van der Waals surface area contributed by atoms with Gasteiger partial charge in [0.25, 0.3) is 5.91 Å². The predicted octanol–water partition coefficient (Wildman–Crippen LogP) is 1.36. The van der Waals surface area contributed by atoms with Crippen LogP contribution in [0.3, 0.4) is 0 Å². The highest BCUT2D eigenvalue weighted by Gasteiger charge is 2.12. The first-order valence-corrected chi connectivity index (χ1v) is 6.92. The van der Waals surface area contributed by atoms with Gasteiger partial charge in [0.05, 0.1) is 0 Å². The molecule has 1 aromatic rings. The molecule has 0 unspecified atom stereocenters. The largest absolute Gasteiger partial charge is 0.352 e. The number of hydrogen-bond acceptors (Lipinski definition) is 3. The molecule has 4 nitrogen and oxygen atoms in total. The molecule has 0 aromatic heterocycles.